The Kier molecular flexibility index (Phi) is 7.42. The molecule has 0 radical (unpaired) electrons. The number of hydrogen-bond acceptors (Lipinski definition) is 6. The molecule has 0 bridgehead atoms. The van der Waals surface area contributed by atoms with Crippen LogP contribution in [0.3, 0.4) is 0 Å². The fraction of sp³-hybridized carbons (Fsp3) is 0.500. The SMILES string of the molecule is COC(=O)c1c(NC(=O)CN2CCN(c3ccccc3F)CC2)sc2c1CCCCCC2. The van der Waals surface area contributed by atoms with E-state index in [-0.39, 0.29) is 24.2 Å². The molecule has 1 fully saturated rings. The predicted octanol–water partition coefficient (Wildman–Crippen LogP) is 4.09. The number of rotatable bonds is 5. The molecule has 2 aliphatic rings. The maximum Gasteiger partial charge on any atom is 0.341 e. The molecule has 1 N–H and O–H groups in total. The summed E-state index contributed by atoms with van der Waals surface area (Å²) in [5.41, 5.74) is 2.19. The highest BCUT2D eigenvalue weighted by molar-refractivity contribution is 7.17. The summed E-state index contributed by atoms with van der Waals surface area (Å²) in [4.78, 5) is 30.6. The molecule has 6 nitrogen and oxygen atoms in total. The van der Waals surface area contributed by atoms with Crippen LogP contribution in [0.25, 0.3) is 0 Å². The monoisotopic (exact) mass is 459 g/mol. The number of para-hydroxylation sites is 1. The maximum atomic E-state index is 14.0. The van der Waals surface area contributed by atoms with E-state index in [1.54, 1.807) is 12.1 Å². The van der Waals surface area contributed by atoms with Crippen molar-refractivity contribution in [2.75, 3.05) is 50.1 Å². The molecule has 4 rings (SSSR count). The number of amides is 1. The van der Waals surface area contributed by atoms with Crippen molar-refractivity contribution in [3.8, 4) is 0 Å². The van der Waals surface area contributed by atoms with Crippen LogP contribution in [0.15, 0.2) is 24.3 Å². The number of methoxy groups -OCH3 is 1. The maximum absolute atomic E-state index is 14.0. The third-order valence-electron chi connectivity index (χ3n) is 6.25. The van der Waals surface area contributed by atoms with Gasteiger partial charge in [-0.05, 0) is 43.4 Å². The van der Waals surface area contributed by atoms with Crippen LogP contribution in [0.4, 0.5) is 15.1 Å². The molecule has 2 heterocycles. The van der Waals surface area contributed by atoms with Gasteiger partial charge in [0, 0.05) is 31.1 Å². The van der Waals surface area contributed by atoms with Crippen molar-refractivity contribution in [2.45, 2.75) is 38.5 Å². The zero-order valence-electron chi connectivity index (χ0n) is 18.5. The zero-order valence-corrected chi connectivity index (χ0v) is 19.3. The summed E-state index contributed by atoms with van der Waals surface area (Å²) >= 11 is 1.52. The number of thiophene rings is 1. The number of anilines is 2. The van der Waals surface area contributed by atoms with E-state index >= 15 is 0 Å². The van der Waals surface area contributed by atoms with Crippen molar-refractivity contribution in [3.63, 3.8) is 0 Å². The van der Waals surface area contributed by atoms with E-state index in [9.17, 15) is 14.0 Å². The lowest BCUT2D eigenvalue weighted by atomic mass is 9.96. The number of carbonyl (C=O) groups is 2. The summed E-state index contributed by atoms with van der Waals surface area (Å²) in [7, 11) is 1.38. The van der Waals surface area contributed by atoms with Crippen LogP contribution in [-0.2, 0) is 22.4 Å². The van der Waals surface area contributed by atoms with E-state index in [1.165, 1.54) is 35.8 Å². The first-order chi connectivity index (χ1) is 15.6. The molecule has 0 atom stereocenters. The minimum Gasteiger partial charge on any atom is -0.465 e. The zero-order chi connectivity index (χ0) is 22.5. The molecule has 8 heteroatoms. The van der Waals surface area contributed by atoms with Gasteiger partial charge in [-0.1, -0.05) is 25.0 Å². The Hall–Kier alpha value is -2.45. The molecule has 1 aliphatic carbocycles. The second-order valence-electron chi connectivity index (χ2n) is 8.38. The summed E-state index contributed by atoms with van der Waals surface area (Å²) < 4.78 is 19.1. The second kappa shape index (κ2) is 10.4. The number of piperazine rings is 1. The Labute approximate surface area is 192 Å². The largest absolute Gasteiger partial charge is 0.465 e. The minimum atomic E-state index is -0.378. The van der Waals surface area contributed by atoms with E-state index in [0.29, 0.717) is 42.4 Å². The molecular weight excluding hydrogens is 429 g/mol. The summed E-state index contributed by atoms with van der Waals surface area (Å²) in [6.45, 7) is 2.91. The van der Waals surface area contributed by atoms with Gasteiger partial charge in [-0.25, -0.2) is 9.18 Å². The Balaban J connectivity index is 1.39. The number of carbonyl (C=O) groups excluding carboxylic acids is 2. The topological polar surface area (TPSA) is 61.9 Å². The van der Waals surface area contributed by atoms with Crippen molar-refractivity contribution in [2.24, 2.45) is 0 Å². The van der Waals surface area contributed by atoms with Gasteiger partial charge < -0.3 is 15.0 Å². The molecule has 0 saturated carbocycles. The van der Waals surface area contributed by atoms with Crippen LogP contribution in [0, 0.1) is 5.82 Å². The Morgan fingerprint density at radius 1 is 1.06 bits per heavy atom. The van der Waals surface area contributed by atoms with E-state index < -0.39 is 0 Å². The van der Waals surface area contributed by atoms with Gasteiger partial charge in [0.25, 0.3) is 0 Å². The third-order valence-corrected chi connectivity index (χ3v) is 7.45. The Morgan fingerprint density at radius 2 is 1.78 bits per heavy atom. The van der Waals surface area contributed by atoms with E-state index in [1.807, 2.05) is 11.0 Å². The van der Waals surface area contributed by atoms with Crippen molar-refractivity contribution in [1.82, 2.24) is 4.90 Å². The summed E-state index contributed by atoms with van der Waals surface area (Å²) in [5.74, 6) is -0.733. The number of ether oxygens (including phenoxy) is 1. The normalized spacial score (nSPS) is 17.2. The molecular formula is C24H30FN3O3S. The van der Waals surface area contributed by atoms with Crippen LogP contribution in [0.5, 0.6) is 0 Å². The van der Waals surface area contributed by atoms with E-state index in [2.05, 4.69) is 10.2 Å². The lowest BCUT2D eigenvalue weighted by molar-refractivity contribution is -0.117. The highest BCUT2D eigenvalue weighted by atomic mass is 32.1. The van der Waals surface area contributed by atoms with E-state index in [4.69, 9.17) is 4.74 Å². The smallest absolute Gasteiger partial charge is 0.341 e. The van der Waals surface area contributed by atoms with Crippen molar-refractivity contribution < 1.29 is 18.7 Å². The van der Waals surface area contributed by atoms with Crippen molar-refractivity contribution >= 4 is 33.9 Å². The van der Waals surface area contributed by atoms with Gasteiger partial charge in [-0.3, -0.25) is 9.69 Å². The number of esters is 1. The van der Waals surface area contributed by atoms with Crippen LogP contribution < -0.4 is 10.2 Å². The fourth-order valence-corrected chi connectivity index (χ4v) is 5.84. The highest BCUT2D eigenvalue weighted by Crippen LogP contribution is 2.37. The fourth-order valence-electron chi connectivity index (χ4n) is 4.55. The van der Waals surface area contributed by atoms with Gasteiger partial charge in [0.1, 0.15) is 10.8 Å². The average molecular weight is 460 g/mol. The quantitative estimate of drug-likeness (QED) is 0.683. The molecule has 2 aromatic rings. The number of aryl methyl sites for hydroxylation is 1. The van der Waals surface area contributed by atoms with Gasteiger partial charge in [-0.2, -0.15) is 0 Å². The molecule has 1 amide bonds. The minimum absolute atomic E-state index is 0.135. The van der Waals surface area contributed by atoms with Crippen molar-refractivity contribution in [1.29, 1.82) is 0 Å². The van der Waals surface area contributed by atoms with Gasteiger partial charge in [-0.15, -0.1) is 11.3 Å². The summed E-state index contributed by atoms with van der Waals surface area (Å²) in [6.07, 6.45) is 6.31. The van der Waals surface area contributed by atoms with E-state index in [0.717, 1.165) is 37.7 Å². The predicted molar refractivity (Wildman–Crippen MR) is 125 cm³/mol. The average Bonchev–Trinajstić information content (AvgIpc) is 3.10. The first kappa shape index (κ1) is 22.7. The van der Waals surface area contributed by atoms with Gasteiger partial charge >= 0.3 is 5.97 Å². The number of nitrogens with one attached hydrogen (secondary N) is 1. The molecule has 172 valence electrons. The number of benzene rings is 1. The Bertz CT molecular complexity index is 969. The molecule has 1 aromatic heterocycles. The third kappa shape index (κ3) is 5.13. The van der Waals surface area contributed by atoms with Gasteiger partial charge in [0.2, 0.25) is 5.91 Å². The molecule has 0 unspecified atom stereocenters. The van der Waals surface area contributed by atoms with Crippen LogP contribution in [0.1, 0.15) is 46.5 Å². The molecule has 32 heavy (non-hydrogen) atoms. The van der Waals surface area contributed by atoms with Gasteiger partial charge in [0.15, 0.2) is 0 Å². The number of fused-ring (bicyclic) bond motifs is 1. The molecule has 0 spiro atoms. The number of halogens is 1. The lowest BCUT2D eigenvalue weighted by Crippen LogP contribution is -2.48. The Morgan fingerprint density at radius 3 is 2.50 bits per heavy atom. The number of hydrogen-bond donors (Lipinski definition) is 1. The van der Waals surface area contributed by atoms with Crippen LogP contribution in [-0.4, -0.2) is 56.6 Å². The van der Waals surface area contributed by atoms with Crippen LogP contribution >= 0.6 is 11.3 Å². The summed E-state index contributed by atoms with van der Waals surface area (Å²) in [5, 5.41) is 3.60. The van der Waals surface area contributed by atoms with Crippen LogP contribution in [0.2, 0.25) is 0 Å². The second-order valence-corrected chi connectivity index (χ2v) is 9.48. The van der Waals surface area contributed by atoms with Crippen molar-refractivity contribution in [3.05, 3.63) is 46.1 Å². The lowest BCUT2D eigenvalue weighted by Gasteiger charge is -2.35. The number of nitrogens with zero attached hydrogens (tertiary/aromatic N) is 2. The highest BCUT2D eigenvalue weighted by Gasteiger charge is 2.27. The standard InChI is InChI=1S/C24H30FN3O3S/c1-31-24(30)22-17-8-4-2-3-5-11-20(17)32-23(22)26-21(29)16-27-12-14-28(15-13-27)19-10-7-6-9-18(19)25/h6-7,9-10H,2-5,8,11-16H2,1H3,(H,26,29). The molecule has 1 aliphatic heterocycles. The van der Waals surface area contributed by atoms with Gasteiger partial charge in [0.05, 0.1) is 24.9 Å². The molecule has 1 aromatic carbocycles. The first-order valence-corrected chi connectivity index (χ1v) is 12.1. The first-order valence-electron chi connectivity index (χ1n) is 11.3. The summed E-state index contributed by atoms with van der Waals surface area (Å²) in [6, 6.07) is 6.78. The molecule has 1 saturated heterocycles.